The van der Waals surface area contributed by atoms with Crippen LogP contribution >= 0.6 is 24.0 Å². The van der Waals surface area contributed by atoms with Gasteiger partial charge in [0.1, 0.15) is 0 Å². The molecular weight excluding hydrogens is 457 g/mol. The Balaban J connectivity index is 0.00000676. The van der Waals surface area contributed by atoms with Crippen LogP contribution in [0.1, 0.15) is 52.1 Å². The zero-order valence-corrected chi connectivity index (χ0v) is 19.7. The van der Waals surface area contributed by atoms with Gasteiger partial charge in [-0.05, 0) is 58.2 Å². The highest BCUT2D eigenvalue weighted by Crippen LogP contribution is 2.30. The molecule has 156 valence electrons. The summed E-state index contributed by atoms with van der Waals surface area (Å²) in [5, 5.41) is 6.76. The zero-order valence-electron chi connectivity index (χ0n) is 17.3. The minimum atomic E-state index is 0. The number of benzene rings is 1. The largest absolute Gasteiger partial charge is 0.490 e. The van der Waals surface area contributed by atoms with Gasteiger partial charge in [-0.1, -0.05) is 6.07 Å². The van der Waals surface area contributed by atoms with Crippen molar-refractivity contribution < 1.29 is 14.2 Å². The van der Waals surface area contributed by atoms with Gasteiger partial charge in [0.2, 0.25) is 0 Å². The van der Waals surface area contributed by atoms with Gasteiger partial charge in [-0.2, -0.15) is 0 Å². The highest BCUT2D eigenvalue weighted by Gasteiger charge is 2.12. The highest BCUT2D eigenvalue weighted by atomic mass is 127. The number of rotatable bonds is 12. The Bertz CT molecular complexity index is 541. The summed E-state index contributed by atoms with van der Waals surface area (Å²) in [7, 11) is 1.78. The second-order valence-corrected chi connectivity index (χ2v) is 5.84. The minimum Gasteiger partial charge on any atom is -0.490 e. The Hall–Kier alpha value is -1.22. The lowest BCUT2D eigenvalue weighted by molar-refractivity contribution is 0.143. The summed E-state index contributed by atoms with van der Waals surface area (Å²) in [4.78, 5) is 4.30. The van der Waals surface area contributed by atoms with Gasteiger partial charge in [-0.15, -0.1) is 24.0 Å². The highest BCUT2D eigenvalue weighted by molar-refractivity contribution is 14.0. The third kappa shape index (κ3) is 10.0. The van der Waals surface area contributed by atoms with Gasteiger partial charge >= 0.3 is 0 Å². The lowest BCUT2D eigenvalue weighted by atomic mass is 10.1. The SMILES string of the molecule is CCOCCCCNC(=NC)NC(C)c1ccc(OCC)c(OCC)c1.I. The third-order valence-corrected chi connectivity index (χ3v) is 3.86. The molecule has 0 amide bonds. The summed E-state index contributed by atoms with van der Waals surface area (Å²) < 4.78 is 16.7. The topological polar surface area (TPSA) is 64.1 Å². The molecule has 0 bridgehead atoms. The maximum absolute atomic E-state index is 5.71. The van der Waals surface area contributed by atoms with Crippen molar-refractivity contribution in [1.82, 2.24) is 10.6 Å². The van der Waals surface area contributed by atoms with Crippen molar-refractivity contribution in [3.05, 3.63) is 23.8 Å². The molecule has 0 aliphatic rings. The normalized spacial score (nSPS) is 12.1. The molecule has 1 aromatic carbocycles. The molecule has 0 radical (unpaired) electrons. The molecule has 0 saturated heterocycles. The van der Waals surface area contributed by atoms with Crippen LogP contribution in [0.5, 0.6) is 11.5 Å². The van der Waals surface area contributed by atoms with E-state index in [0.717, 1.165) is 55.6 Å². The first-order chi connectivity index (χ1) is 12.7. The van der Waals surface area contributed by atoms with Gasteiger partial charge in [-0.3, -0.25) is 4.99 Å². The second-order valence-electron chi connectivity index (χ2n) is 5.84. The summed E-state index contributed by atoms with van der Waals surface area (Å²) in [5.41, 5.74) is 1.12. The first-order valence-corrected chi connectivity index (χ1v) is 9.60. The minimum absolute atomic E-state index is 0. The average Bonchev–Trinajstić information content (AvgIpc) is 2.65. The molecule has 7 heteroatoms. The molecule has 6 nitrogen and oxygen atoms in total. The first-order valence-electron chi connectivity index (χ1n) is 9.60. The van der Waals surface area contributed by atoms with Crippen LogP contribution in [0.4, 0.5) is 0 Å². The Morgan fingerprint density at radius 3 is 2.37 bits per heavy atom. The fourth-order valence-corrected chi connectivity index (χ4v) is 2.50. The van der Waals surface area contributed by atoms with Crippen LogP contribution in [0.3, 0.4) is 0 Å². The predicted octanol–water partition coefficient (Wildman–Crippen LogP) is 4.14. The number of nitrogens with zero attached hydrogens (tertiary/aromatic N) is 1. The number of hydrogen-bond donors (Lipinski definition) is 2. The Morgan fingerprint density at radius 2 is 1.74 bits per heavy atom. The quantitative estimate of drug-likeness (QED) is 0.198. The number of aliphatic imine (C=N–C) groups is 1. The summed E-state index contributed by atoms with van der Waals surface area (Å²) >= 11 is 0. The van der Waals surface area contributed by atoms with E-state index in [9.17, 15) is 0 Å². The fraction of sp³-hybridized carbons (Fsp3) is 0.650. The first kappa shape index (κ1) is 25.8. The Morgan fingerprint density at radius 1 is 1.04 bits per heavy atom. The van der Waals surface area contributed by atoms with Gasteiger partial charge in [0.15, 0.2) is 17.5 Å². The summed E-state index contributed by atoms with van der Waals surface area (Å²) in [6, 6.07) is 6.15. The number of unbranched alkanes of at least 4 members (excludes halogenated alkanes) is 1. The molecule has 0 aliphatic heterocycles. The van der Waals surface area contributed by atoms with Gasteiger partial charge in [0.25, 0.3) is 0 Å². The zero-order chi connectivity index (χ0) is 19.2. The maximum Gasteiger partial charge on any atom is 0.191 e. The van der Waals surface area contributed by atoms with E-state index in [0.29, 0.717) is 13.2 Å². The smallest absolute Gasteiger partial charge is 0.191 e. The van der Waals surface area contributed by atoms with Crippen molar-refractivity contribution in [2.45, 2.75) is 46.6 Å². The molecule has 27 heavy (non-hydrogen) atoms. The summed E-state index contributed by atoms with van der Waals surface area (Å²) in [6.07, 6.45) is 2.09. The van der Waals surface area contributed by atoms with Gasteiger partial charge in [0.05, 0.1) is 19.3 Å². The molecule has 0 aromatic heterocycles. The van der Waals surface area contributed by atoms with Crippen molar-refractivity contribution in [2.75, 3.05) is 40.0 Å². The van der Waals surface area contributed by atoms with Crippen molar-refractivity contribution in [3.8, 4) is 11.5 Å². The van der Waals surface area contributed by atoms with E-state index in [1.165, 1.54) is 0 Å². The predicted molar refractivity (Wildman–Crippen MR) is 123 cm³/mol. The van der Waals surface area contributed by atoms with Gasteiger partial charge in [-0.25, -0.2) is 0 Å². The standard InChI is InChI=1S/C20H35N3O3.HI/c1-6-24-14-10-9-13-22-20(21-5)23-16(4)17-11-12-18(25-7-2)19(15-17)26-8-3;/h11-12,15-16H,6-10,13-14H2,1-5H3,(H2,21,22,23);1H. The van der Waals surface area contributed by atoms with Crippen molar-refractivity contribution in [2.24, 2.45) is 4.99 Å². The number of guanidine groups is 1. The van der Waals surface area contributed by atoms with Crippen LogP contribution in [0.25, 0.3) is 0 Å². The molecule has 0 spiro atoms. The van der Waals surface area contributed by atoms with Crippen molar-refractivity contribution in [1.29, 1.82) is 0 Å². The van der Waals surface area contributed by atoms with Gasteiger partial charge < -0.3 is 24.8 Å². The van der Waals surface area contributed by atoms with Crippen LogP contribution in [0.15, 0.2) is 23.2 Å². The molecule has 1 atom stereocenters. The molecule has 0 heterocycles. The van der Waals surface area contributed by atoms with E-state index in [1.807, 2.05) is 32.9 Å². The maximum atomic E-state index is 5.71. The lowest BCUT2D eigenvalue weighted by Crippen LogP contribution is -2.39. The number of ether oxygens (including phenoxy) is 3. The van der Waals surface area contributed by atoms with E-state index >= 15 is 0 Å². The van der Waals surface area contributed by atoms with Crippen LogP contribution in [0.2, 0.25) is 0 Å². The summed E-state index contributed by atoms with van der Waals surface area (Å²) in [5.74, 6) is 2.35. The molecule has 0 aliphatic carbocycles. The molecule has 1 rings (SSSR count). The van der Waals surface area contributed by atoms with Gasteiger partial charge in [0, 0.05) is 26.8 Å². The van der Waals surface area contributed by atoms with E-state index in [2.05, 4.69) is 28.6 Å². The van der Waals surface area contributed by atoms with E-state index < -0.39 is 0 Å². The van der Waals surface area contributed by atoms with Crippen LogP contribution in [-0.2, 0) is 4.74 Å². The molecule has 1 unspecified atom stereocenters. The van der Waals surface area contributed by atoms with Crippen molar-refractivity contribution in [3.63, 3.8) is 0 Å². The van der Waals surface area contributed by atoms with Crippen LogP contribution in [-0.4, -0.2) is 46.0 Å². The number of halogens is 1. The van der Waals surface area contributed by atoms with Crippen LogP contribution in [0, 0.1) is 0 Å². The number of hydrogen-bond acceptors (Lipinski definition) is 4. The molecule has 1 aromatic rings. The van der Waals surface area contributed by atoms with Crippen molar-refractivity contribution >= 4 is 29.9 Å². The monoisotopic (exact) mass is 493 g/mol. The molecule has 0 saturated carbocycles. The lowest BCUT2D eigenvalue weighted by Gasteiger charge is -2.20. The molecule has 0 fully saturated rings. The fourth-order valence-electron chi connectivity index (χ4n) is 2.50. The van der Waals surface area contributed by atoms with Crippen LogP contribution < -0.4 is 20.1 Å². The Labute approximate surface area is 181 Å². The summed E-state index contributed by atoms with van der Waals surface area (Å²) in [6.45, 7) is 11.7. The second kappa shape index (κ2) is 15.8. The third-order valence-electron chi connectivity index (χ3n) is 3.86. The molecule has 2 N–H and O–H groups in total. The Kier molecular flexibility index (Phi) is 15.1. The van der Waals surface area contributed by atoms with E-state index in [-0.39, 0.29) is 30.0 Å². The van der Waals surface area contributed by atoms with E-state index in [1.54, 1.807) is 7.05 Å². The average molecular weight is 493 g/mol. The molecular formula is C20H36IN3O3. The van der Waals surface area contributed by atoms with E-state index in [4.69, 9.17) is 14.2 Å². The number of nitrogens with one attached hydrogen (secondary N) is 2.